The second kappa shape index (κ2) is 4.56. The summed E-state index contributed by atoms with van der Waals surface area (Å²) in [6.45, 7) is 2.41. The minimum Gasteiger partial charge on any atom is -0.508 e. The Morgan fingerprint density at radius 3 is 3.00 bits per heavy atom. The second-order valence-electron chi connectivity index (χ2n) is 4.24. The zero-order valence-electron chi connectivity index (χ0n) is 10.4. The molecule has 0 saturated heterocycles. The van der Waals surface area contributed by atoms with Gasteiger partial charge in [0.05, 0.1) is 0 Å². The van der Waals surface area contributed by atoms with Crippen LogP contribution in [0.5, 0.6) is 5.75 Å². The van der Waals surface area contributed by atoms with Crippen molar-refractivity contribution in [2.75, 3.05) is 5.32 Å². The van der Waals surface area contributed by atoms with Gasteiger partial charge >= 0.3 is 0 Å². The predicted molar refractivity (Wildman–Crippen MR) is 71.0 cm³/mol. The number of phenols is 1. The fourth-order valence-electron chi connectivity index (χ4n) is 1.90. The number of phenolic OH excluding ortho intramolecular Hbond substituents is 1. The van der Waals surface area contributed by atoms with Gasteiger partial charge in [0.15, 0.2) is 0 Å². The maximum absolute atomic E-state index is 9.73. The van der Waals surface area contributed by atoms with Crippen LogP contribution in [0.25, 0.3) is 5.78 Å². The number of benzene rings is 1. The summed E-state index contributed by atoms with van der Waals surface area (Å²) in [5, 5.41) is 17.1. The molecule has 6 heteroatoms. The Morgan fingerprint density at radius 1 is 1.32 bits per heavy atom. The van der Waals surface area contributed by atoms with E-state index in [9.17, 15) is 5.11 Å². The number of aromatic nitrogens is 4. The molecule has 0 aliphatic rings. The smallest absolute Gasteiger partial charge is 0.254 e. The van der Waals surface area contributed by atoms with E-state index in [-0.39, 0.29) is 5.75 Å². The summed E-state index contributed by atoms with van der Waals surface area (Å²) < 4.78 is 1.63. The van der Waals surface area contributed by atoms with Crippen molar-refractivity contribution < 1.29 is 5.11 Å². The van der Waals surface area contributed by atoms with Crippen LogP contribution in [0.3, 0.4) is 0 Å². The number of nitrogens with zero attached hydrogens (tertiary/aromatic N) is 4. The lowest BCUT2D eigenvalue weighted by atomic mass is 10.2. The molecule has 19 heavy (non-hydrogen) atoms. The topological polar surface area (TPSA) is 75.3 Å². The van der Waals surface area contributed by atoms with Crippen LogP contribution in [0.15, 0.2) is 36.7 Å². The summed E-state index contributed by atoms with van der Waals surface area (Å²) in [7, 11) is 0. The first kappa shape index (κ1) is 11.5. The van der Waals surface area contributed by atoms with Gasteiger partial charge in [0.25, 0.3) is 5.78 Å². The molecule has 0 saturated carbocycles. The third-order valence-electron chi connectivity index (χ3n) is 2.83. The number of fused-ring (bicyclic) bond motifs is 1. The van der Waals surface area contributed by atoms with E-state index >= 15 is 0 Å². The van der Waals surface area contributed by atoms with Gasteiger partial charge in [-0.15, -0.1) is 0 Å². The van der Waals surface area contributed by atoms with Crippen molar-refractivity contribution in [2.24, 2.45) is 0 Å². The summed E-state index contributed by atoms with van der Waals surface area (Å²) >= 11 is 0. The molecule has 0 radical (unpaired) electrons. The molecule has 2 aromatic heterocycles. The number of nitrogens with one attached hydrogen (secondary N) is 1. The van der Waals surface area contributed by atoms with Crippen LogP contribution < -0.4 is 5.32 Å². The lowest BCUT2D eigenvalue weighted by molar-refractivity contribution is 0.469. The molecule has 0 atom stereocenters. The first-order valence-corrected chi connectivity index (χ1v) is 5.92. The molecule has 2 heterocycles. The molecule has 0 bridgehead atoms. The fourth-order valence-corrected chi connectivity index (χ4v) is 1.90. The molecule has 0 aliphatic heterocycles. The summed E-state index contributed by atoms with van der Waals surface area (Å²) in [5.74, 6) is 1.62. The van der Waals surface area contributed by atoms with Crippen LogP contribution >= 0.6 is 0 Å². The average Bonchev–Trinajstić information content (AvgIpc) is 2.85. The molecule has 2 N–H and O–H groups in total. The molecular weight excluding hydrogens is 242 g/mol. The van der Waals surface area contributed by atoms with Crippen LogP contribution in [0, 0.1) is 6.92 Å². The molecule has 0 spiro atoms. The summed E-state index contributed by atoms with van der Waals surface area (Å²) in [6, 6.07) is 9.11. The van der Waals surface area contributed by atoms with Crippen molar-refractivity contribution in [3.8, 4) is 5.75 Å². The maximum atomic E-state index is 9.73. The Bertz CT molecular complexity index is 722. The lowest BCUT2D eigenvalue weighted by Crippen LogP contribution is -2.07. The van der Waals surface area contributed by atoms with Crippen molar-refractivity contribution >= 4 is 11.6 Å². The van der Waals surface area contributed by atoms with E-state index in [0.717, 1.165) is 17.1 Å². The highest BCUT2D eigenvalue weighted by molar-refractivity contribution is 5.46. The van der Waals surface area contributed by atoms with Crippen molar-refractivity contribution in [1.29, 1.82) is 0 Å². The van der Waals surface area contributed by atoms with E-state index in [0.29, 0.717) is 12.3 Å². The van der Waals surface area contributed by atoms with Crippen molar-refractivity contribution in [2.45, 2.75) is 13.5 Å². The number of hydrogen-bond donors (Lipinski definition) is 2. The Balaban J connectivity index is 1.90. The molecule has 96 valence electrons. The van der Waals surface area contributed by atoms with E-state index < -0.39 is 0 Å². The number of anilines is 1. The first-order valence-electron chi connectivity index (χ1n) is 5.92. The molecule has 0 aliphatic carbocycles. The maximum Gasteiger partial charge on any atom is 0.254 e. The number of aryl methyl sites for hydroxylation is 1. The number of hydrogen-bond acceptors (Lipinski definition) is 5. The van der Waals surface area contributed by atoms with Crippen molar-refractivity contribution in [3.05, 3.63) is 47.9 Å². The van der Waals surface area contributed by atoms with Crippen LogP contribution in [-0.4, -0.2) is 24.7 Å². The highest BCUT2D eigenvalue weighted by Crippen LogP contribution is 2.18. The highest BCUT2D eigenvalue weighted by Gasteiger charge is 2.06. The molecule has 0 fully saturated rings. The van der Waals surface area contributed by atoms with Crippen LogP contribution in [0.1, 0.15) is 11.3 Å². The van der Waals surface area contributed by atoms with Crippen LogP contribution in [0.2, 0.25) is 0 Å². The number of rotatable bonds is 3. The van der Waals surface area contributed by atoms with Crippen molar-refractivity contribution in [3.63, 3.8) is 0 Å². The third-order valence-corrected chi connectivity index (χ3v) is 2.83. The Hall–Kier alpha value is -2.63. The van der Waals surface area contributed by atoms with Gasteiger partial charge in [-0.2, -0.15) is 14.6 Å². The molecule has 1 aromatic carbocycles. The zero-order chi connectivity index (χ0) is 13.2. The monoisotopic (exact) mass is 255 g/mol. The lowest BCUT2D eigenvalue weighted by Gasteiger charge is -2.09. The zero-order valence-corrected chi connectivity index (χ0v) is 10.4. The molecular formula is C13H13N5O. The van der Waals surface area contributed by atoms with Gasteiger partial charge in [0.1, 0.15) is 17.9 Å². The summed E-state index contributed by atoms with van der Waals surface area (Å²) in [4.78, 5) is 8.33. The Kier molecular flexibility index (Phi) is 2.75. The fraction of sp³-hybridized carbons (Fsp3) is 0.154. The quantitative estimate of drug-likeness (QED) is 0.745. The molecule has 6 nitrogen and oxygen atoms in total. The van der Waals surface area contributed by atoms with E-state index in [2.05, 4.69) is 20.4 Å². The Labute approximate surface area is 109 Å². The minimum absolute atomic E-state index is 0.274. The normalized spacial score (nSPS) is 10.8. The van der Waals surface area contributed by atoms with Gasteiger partial charge in [-0.25, -0.2) is 4.98 Å². The van der Waals surface area contributed by atoms with Gasteiger partial charge < -0.3 is 10.4 Å². The average molecular weight is 255 g/mol. The molecule has 3 rings (SSSR count). The van der Waals surface area contributed by atoms with E-state index in [1.807, 2.05) is 25.1 Å². The van der Waals surface area contributed by atoms with Gasteiger partial charge in [-0.1, -0.05) is 18.2 Å². The van der Waals surface area contributed by atoms with Gasteiger partial charge in [0.2, 0.25) is 0 Å². The van der Waals surface area contributed by atoms with Crippen LogP contribution in [0.4, 0.5) is 5.82 Å². The van der Waals surface area contributed by atoms with Crippen LogP contribution in [-0.2, 0) is 6.54 Å². The summed E-state index contributed by atoms with van der Waals surface area (Å²) in [5.41, 5.74) is 1.69. The first-order chi connectivity index (χ1) is 9.24. The van der Waals surface area contributed by atoms with E-state index in [1.165, 1.54) is 6.33 Å². The number of aromatic hydroxyl groups is 1. The SMILES string of the molecule is Cc1cc(NCc2ccccc2O)n2ncnc2n1. The van der Waals surface area contributed by atoms with E-state index in [4.69, 9.17) is 0 Å². The van der Waals surface area contributed by atoms with E-state index in [1.54, 1.807) is 16.6 Å². The van der Waals surface area contributed by atoms with Crippen molar-refractivity contribution in [1.82, 2.24) is 19.6 Å². The minimum atomic E-state index is 0.274. The Morgan fingerprint density at radius 2 is 2.16 bits per heavy atom. The van der Waals surface area contributed by atoms with Gasteiger partial charge in [-0.05, 0) is 13.0 Å². The molecule has 0 unspecified atom stereocenters. The second-order valence-corrected chi connectivity index (χ2v) is 4.24. The molecule has 3 aromatic rings. The summed E-state index contributed by atoms with van der Waals surface area (Å²) in [6.07, 6.45) is 1.47. The largest absolute Gasteiger partial charge is 0.508 e. The predicted octanol–water partition coefficient (Wildman–Crippen LogP) is 1.75. The standard InChI is InChI=1S/C13H13N5O/c1-9-6-12(18-13(17-9)15-8-16-18)14-7-10-4-2-3-5-11(10)19/h2-6,8,14,19H,7H2,1H3. The van der Waals surface area contributed by atoms with Gasteiger partial charge in [0, 0.05) is 23.9 Å². The third kappa shape index (κ3) is 2.20. The highest BCUT2D eigenvalue weighted by atomic mass is 16.3. The molecule has 0 amide bonds. The number of para-hydroxylation sites is 1. The van der Waals surface area contributed by atoms with Gasteiger partial charge in [-0.3, -0.25) is 0 Å².